The zero-order valence-corrected chi connectivity index (χ0v) is 15.3. The van der Waals surface area contributed by atoms with Crippen molar-refractivity contribution in [1.29, 1.82) is 0 Å². The van der Waals surface area contributed by atoms with Crippen LogP contribution in [0.25, 0.3) is 0 Å². The van der Waals surface area contributed by atoms with Gasteiger partial charge >= 0.3 is 5.97 Å². The Bertz CT molecular complexity index is 717. The second-order valence-corrected chi connectivity index (χ2v) is 6.71. The molecule has 0 unspecified atom stereocenters. The van der Waals surface area contributed by atoms with Crippen molar-refractivity contribution < 1.29 is 29.1 Å². The first-order valence-corrected chi connectivity index (χ1v) is 9.07. The largest absolute Gasteiger partial charge is 0.495 e. The van der Waals surface area contributed by atoms with Crippen LogP contribution in [0.1, 0.15) is 23.2 Å². The summed E-state index contributed by atoms with van der Waals surface area (Å²) in [6.07, 6.45) is 2.29. The minimum absolute atomic E-state index is 0.123. The third-order valence-electron chi connectivity index (χ3n) is 4.43. The monoisotopic (exact) mass is 384 g/mol. The molecule has 0 bridgehead atoms. The fraction of sp³-hybridized carbons (Fsp3) is 0.500. The van der Waals surface area contributed by atoms with Crippen molar-refractivity contribution in [3.63, 3.8) is 0 Å². The van der Waals surface area contributed by atoms with Crippen molar-refractivity contribution in [3.8, 4) is 5.75 Å². The van der Waals surface area contributed by atoms with Crippen molar-refractivity contribution in [2.75, 3.05) is 33.1 Å². The fourth-order valence-corrected chi connectivity index (χ4v) is 3.35. The van der Waals surface area contributed by atoms with Crippen molar-refractivity contribution in [2.24, 2.45) is 5.41 Å². The first-order valence-electron chi connectivity index (χ1n) is 7.84. The highest BCUT2D eigenvalue weighted by Crippen LogP contribution is 2.35. The molecule has 10 heteroatoms. The third-order valence-corrected chi connectivity index (χ3v) is 5.19. The van der Waals surface area contributed by atoms with Gasteiger partial charge in [0.15, 0.2) is 0 Å². The smallest absolute Gasteiger partial charge is 0.311 e. The van der Waals surface area contributed by atoms with Crippen LogP contribution in [-0.4, -0.2) is 55.0 Å². The number of carboxylic acid groups (broad SMARTS) is 1. The molecule has 26 heavy (non-hydrogen) atoms. The van der Waals surface area contributed by atoms with Crippen molar-refractivity contribution in [3.05, 3.63) is 27.8 Å². The molecule has 0 aromatic heterocycles. The van der Waals surface area contributed by atoms with Gasteiger partial charge in [0.25, 0.3) is 11.6 Å². The van der Waals surface area contributed by atoms with Gasteiger partial charge in [-0.3, -0.25) is 19.7 Å². The van der Waals surface area contributed by atoms with Crippen LogP contribution >= 0.6 is 11.8 Å². The lowest BCUT2D eigenvalue weighted by atomic mass is 9.80. The van der Waals surface area contributed by atoms with Crippen molar-refractivity contribution in [2.45, 2.75) is 17.7 Å². The molecule has 1 aliphatic rings. The van der Waals surface area contributed by atoms with Gasteiger partial charge in [0.2, 0.25) is 0 Å². The second-order valence-electron chi connectivity index (χ2n) is 5.86. The highest BCUT2D eigenvalue weighted by atomic mass is 32.2. The molecule has 1 aromatic rings. The summed E-state index contributed by atoms with van der Waals surface area (Å²) in [5, 5.41) is 23.4. The van der Waals surface area contributed by atoms with Gasteiger partial charge in [-0.05, 0) is 25.2 Å². The molecule has 1 aromatic carbocycles. The molecule has 1 heterocycles. The Hall–Kier alpha value is -2.33. The first-order chi connectivity index (χ1) is 12.3. The van der Waals surface area contributed by atoms with Crippen LogP contribution in [-0.2, 0) is 9.53 Å². The summed E-state index contributed by atoms with van der Waals surface area (Å²) in [6.45, 7) is 0.464. The van der Waals surface area contributed by atoms with Crippen molar-refractivity contribution in [1.82, 2.24) is 5.32 Å². The van der Waals surface area contributed by atoms with E-state index in [9.17, 15) is 24.8 Å². The number of hydrogen-bond acceptors (Lipinski definition) is 7. The Kier molecular flexibility index (Phi) is 6.43. The summed E-state index contributed by atoms with van der Waals surface area (Å²) in [5.74, 6) is -1.41. The summed E-state index contributed by atoms with van der Waals surface area (Å²) in [4.78, 5) is 35.4. The molecule has 9 nitrogen and oxygen atoms in total. The number of amides is 1. The number of thioether (sulfide) groups is 1. The van der Waals surface area contributed by atoms with Gasteiger partial charge in [0, 0.05) is 19.8 Å². The van der Waals surface area contributed by atoms with E-state index in [1.165, 1.54) is 31.0 Å². The maximum Gasteiger partial charge on any atom is 0.311 e. The lowest BCUT2D eigenvalue weighted by molar-refractivity contribution is -0.385. The molecule has 142 valence electrons. The third kappa shape index (κ3) is 4.07. The molecule has 0 spiro atoms. The van der Waals surface area contributed by atoms with Gasteiger partial charge in [-0.25, -0.2) is 0 Å². The topological polar surface area (TPSA) is 128 Å². The van der Waals surface area contributed by atoms with Crippen LogP contribution in [0.3, 0.4) is 0 Å². The number of carbonyl (C=O) groups is 2. The standard InChI is InChI=1S/C16H20N2O7S/c1-24-12-8-11(18(22)23)10(7-13(12)26-2)14(19)17-9-16(15(20)21)3-5-25-6-4-16/h7-8H,3-6,9H2,1-2H3,(H,17,19)(H,20,21). The van der Waals surface area contributed by atoms with Gasteiger partial charge in [0.05, 0.1) is 28.4 Å². The molecule has 0 atom stereocenters. The zero-order chi connectivity index (χ0) is 19.3. The van der Waals surface area contributed by atoms with Gasteiger partial charge in [0.1, 0.15) is 11.3 Å². The van der Waals surface area contributed by atoms with E-state index in [-0.39, 0.29) is 24.9 Å². The number of rotatable bonds is 7. The predicted molar refractivity (Wildman–Crippen MR) is 93.9 cm³/mol. The van der Waals surface area contributed by atoms with E-state index >= 15 is 0 Å². The second kappa shape index (κ2) is 8.37. The molecule has 0 saturated carbocycles. The number of benzene rings is 1. The minimum atomic E-state index is -1.13. The van der Waals surface area contributed by atoms with E-state index in [0.29, 0.717) is 23.9 Å². The van der Waals surface area contributed by atoms with Gasteiger partial charge in [-0.15, -0.1) is 11.8 Å². The number of hydrogen-bond donors (Lipinski definition) is 2. The Morgan fingerprint density at radius 3 is 2.58 bits per heavy atom. The van der Waals surface area contributed by atoms with Crippen LogP contribution in [0.4, 0.5) is 5.69 Å². The number of methoxy groups -OCH3 is 1. The van der Waals surface area contributed by atoms with E-state index < -0.39 is 27.9 Å². The van der Waals surface area contributed by atoms with Crippen LogP contribution in [0.5, 0.6) is 5.75 Å². The normalized spacial score (nSPS) is 15.9. The van der Waals surface area contributed by atoms with Crippen LogP contribution in [0.15, 0.2) is 17.0 Å². The summed E-state index contributed by atoms with van der Waals surface area (Å²) in [7, 11) is 1.39. The number of aliphatic carboxylic acids is 1. The Morgan fingerprint density at radius 1 is 1.42 bits per heavy atom. The molecule has 2 rings (SSSR count). The summed E-state index contributed by atoms with van der Waals surface area (Å²) in [5.41, 5.74) is -1.65. The average Bonchev–Trinajstić information content (AvgIpc) is 2.65. The highest BCUT2D eigenvalue weighted by Gasteiger charge is 2.40. The SMILES string of the molecule is COc1cc([N+](=O)[O-])c(C(=O)NCC2(C(=O)O)CCOCC2)cc1SC. The quantitative estimate of drug-likeness (QED) is 0.415. The van der Waals surface area contributed by atoms with Gasteiger partial charge in [-0.1, -0.05) is 0 Å². The molecule has 1 amide bonds. The van der Waals surface area contributed by atoms with E-state index in [4.69, 9.17) is 9.47 Å². The molecular weight excluding hydrogens is 364 g/mol. The van der Waals surface area contributed by atoms with Crippen LogP contribution < -0.4 is 10.1 Å². The summed E-state index contributed by atoms with van der Waals surface area (Å²) < 4.78 is 10.3. The number of nitrogens with zero attached hydrogens (tertiary/aromatic N) is 1. The van der Waals surface area contributed by atoms with Crippen LogP contribution in [0, 0.1) is 15.5 Å². The van der Waals surface area contributed by atoms with Gasteiger partial charge < -0.3 is 19.9 Å². The van der Waals surface area contributed by atoms with E-state index in [0.717, 1.165) is 0 Å². The fourth-order valence-electron chi connectivity index (χ4n) is 2.77. The molecule has 1 saturated heterocycles. The maximum atomic E-state index is 12.6. The highest BCUT2D eigenvalue weighted by molar-refractivity contribution is 7.98. The number of nitro benzene ring substituents is 1. The zero-order valence-electron chi connectivity index (χ0n) is 14.4. The van der Waals surface area contributed by atoms with E-state index in [1.807, 2.05) is 0 Å². The van der Waals surface area contributed by atoms with E-state index in [1.54, 1.807) is 6.26 Å². The molecule has 0 radical (unpaired) electrons. The summed E-state index contributed by atoms with van der Waals surface area (Å²) in [6, 6.07) is 2.58. The molecule has 2 N–H and O–H groups in total. The maximum absolute atomic E-state index is 12.6. The Balaban J connectivity index is 2.28. The molecular formula is C16H20N2O7S. The molecule has 0 aliphatic carbocycles. The number of carboxylic acids is 1. The predicted octanol–water partition coefficient (Wildman–Crippen LogP) is 1.94. The molecule has 1 fully saturated rings. The number of carbonyl (C=O) groups excluding carboxylic acids is 1. The lowest BCUT2D eigenvalue weighted by Gasteiger charge is -2.33. The lowest BCUT2D eigenvalue weighted by Crippen LogP contribution is -2.46. The minimum Gasteiger partial charge on any atom is -0.495 e. The average molecular weight is 384 g/mol. The molecule has 1 aliphatic heterocycles. The Labute approximate surface area is 154 Å². The van der Waals surface area contributed by atoms with Crippen molar-refractivity contribution >= 4 is 29.3 Å². The number of nitro groups is 1. The number of nitrogens with one attached hydrogen (secondary N) is 1. The van der Waals surface area contributed by atoms with Gasteiger partial charge in [-0.2, -0.15) is 0 Å². The first kappa shape index (κ1) is 20.0. The van der Waals surface area contributed by atoms with E-state index in [2.05, 4.69) is 5.32 Å². The summed E-state index contributed by atoms with van der Waals surface area (Å²) >= 11 is 1.28. The number of ether oxygens (including phenoxy) is 2. The Morgan fingerprint density at radius 2 is 2.08 bits per heavy atom. The van der Waals surface area contributed by atoms with Crippen LogP contribution in [0.2, 0.25) is 0 Å².